The standard InChI is InChI=1S/C17H21N5O3/c1-2-7-22-16(23)6-4-14(20-22)17(24)19-13-3-5-15(18-12-13)21-8-10-25-11-9-21/h3-6,12H,2,7-11H2,1H3,(H,19,24). The predicted molar refractivity (Wildman–Crippen MR) is 94.0 cm³/mol. The van der Waals surface area contributed by atoms with Gasteiger partial charge < -0.3 is 15.0 Å². The van der Waals surface area contributed by atoms with Gasteiger partial charge in [-0.25, -0.2) is 9.67 Å². The zero-order valence-corrected chi connectivity index (χ0v) is 14.1. The molecule has 1 fully saturated rings. The van der Waals surface area contributed by atoms with Crippen molar-refractivity contribution in [2.24, 2.45) is 0 Å². The van der Waals surface area contributed by atoms with Crippen LogP contribution in [0.5, 0.6) is 0 Å². The van der Waals surface area contributed by atoms with E-state index in [2.05, 4.69) is 20.3 Å². The molecule has 132 valence electrons. The maximum atomic E-state index is 12.3. The van der Waals surface area contributed by atoms with Gasteiger partial charge in [-0.15, -0.1) is 0 Å². The van der Waals surface area contributed by atoms with Crippen LogP contribution in [-0.4, -0.2) is 47.0 Å². The minimum absolute atomic E-state index is 0.199. The Bertz CT molecular complexity index is 782. The summed E-state index contributed by atoms with van der Waals surface area (Å²) in [4.78, 5) is 30.5. The summed E-state index contributed by atoms with van der Waals surface area (Å²) in [5.41, 5.74) is 0.567. The molecule has 3 heterocycles. The molecule has 1 amide bonds. The summed E-state index contributed by atoms with van der Waals surface area (Å²) in [5, 5.41) is 6.85. The highest BCUT2D eigenvalue weighted by molar-refractivity contribution is 6.02. The number of anilines is 2. The van der Waals surface area contributed by atoms with Crippen molar-refractivity contribution in [3.05, 3.63) is 46.5 Å². The number of hydrogen-bond acceptors (Lipinski definition) is 6. The van der Waals surface area contributed by atoms with Gasteiger partial charge in [0.05, 0.1) is 25.1 Å². The summed E-state index contributed by atoms with van der Waals surface area (Å²) >= 11 is 0. The second-order valence-electron chi connectivity index (χ2n) is 5.74. The Labute approximate surface area is 145 Å². The minimum Gasteiger partial charge on any atom is -0.378 e. The number of nitrogens with one attached hydrogen (secondary N) is 1. The van der Waals surface area contributed by atoms with Crippen LogP contribution in [0.1, 0.15) is 23.8 Å². The number of carbonyl (C=O) groups is 1. The number of pyridine rings is 1. The maximum Gasteiger partial charge on any atom is 0.276 e. The third-order valence-electron chi connectivity index (χ3n) is 3.88. The fourth-order valence-corrected chi connectivity index (χ4v) is 2.58. The Morgan fingerprint density at radius 3 is 2.72 bits per heavy atom. The van der Waals surface area contributed by atoms with Crippen LogP contribution in [0.4, 0.5) is 11.5 Å². The monoisotopic (exact) mass is 343 g/mol. The fourth-order valence-electron chi connectivity index (χ4n) is 2.58. The van der Waals surface area contributed by atoms with Crippen LogP contribution in [0.25, 0.3) is 0 Å². The molecule has 8 nitrogen and oxygen atoms in total. The number of carbonyl (C=O) groups excluding carboxylic acids is 1. The van der Waals surface area contributed by atoms with Gasteiger partial charge in [-0.05, 0) is 24.6 Å². The molecule has 1 aliphatic rings. The van der Waals surface area contributed by atoms with Gasteiger partial charge >= 0.3 is 0 Å². The topological polar surface area (TPSA) is 89.3 Å². The lowest BCUT2D eigenvalue weighted by Crippen LogP contribution is -2.36. The molecule has 1 N–H and O–H groups in total. The van der Waals surface area contributed by atoms with Crippen LogP contribution >= 0.6 is 0 Å². The van der Waals surface area contributed by atoms with E-state index in [1.54, 1.807) is 12.3 Å². The SMILES string of the molecule is CCCn1nc(C(=O)Nc2ccc(N3CCOCC3)nc2)ccc1=O. The average molecular weight is 343 g/mol. The molecular weight excluding hydrogens is 322 g/mol. The zero-order chi connectivity index (χ0) is 17.6. The molecule has 8 heteroatoms. The first kappa shape index (κ1) is 17.1. The number of amides is 1. The number of hydrogen-bond donors (Lipinski definition) is 1. The fraction of sp³-hybridized carbons (Fsp3) is 0.412. The summed E-state index contributed by atoms with van der Waals surface area (Å²) in [7, 11) is 0. The molecule has 0 bridgehead atoms. The highest BCUT2D eigenvalue weighted by Gasteiger charge is 2.13. The summed E-state index contributed by atoms with van der Waals surface area (Å²) in [5.74, 6) is 0.488. The molecule has 0 unspecified atom stereocenters. The van der Waals surface area contributed by atoms with Crippen LogP contribution in [0.15, 0.2) is 35.3 Å². The van der Waals surface area contributed by atoms with Crippen molar-refractivity contribution >= 4 is 17.4 Å². The van der Waals surface area contributed by atoms with E-state index in [0.717, 1.165) is 25.3 Å². The van der Waals surface area contributed by atoms with E-state index in [1.807, 2.05) is 13.0 Å². The lowest BCUT2D eigenvalue weighted by molar-refractivity contribution is 0.101. The molecule has 2 aromatic heterocycles. The molecule has 2 aromatic rings. The Kier molecular flexibility index (Phi) is 5.39. The molecule has 0 aliphatic carbocycles. The first-order valence-corrected chi connectivity index (χ1v) is 8.35. The first-order valence-electron chi connectivity index (χ1n) is 8.35. The Hall–Kier alpha value is -2.74. The lowest BCUT2D eigenvalue weighted by atomic mass is 10.3. The number of aromatic nitrogens is 3. The number of ether oxygens (including phenoxy) is 1. The van der Waals surface area contributed by atoms with Crippen LogP contribution in [-0.2, 0) is 11.3 Å². The predicted octanol–water partition coefficient (Wildman–Crippen LogP) is 1.14. The highest BCUT2D eigenvalue weighted by Crippen LogP contribution is 2.15. The van der Waals surface area contributed by atoms with E-state index in [-0.39, 0.29) is 17.2 Å². The van der Waals surface area contributed by atoms with E-state index in [4.69, 9.17) is 4.74 Å². The van der Waals surface area contributed by atoms with Gasteiger partial charge in [0.2, 0.25) is 0 Å². The van der Waals surface area contributed by atoms with Crippen LogP contribution in [0.3, 0.4) is 0 Å². The van der Waals surface area contributed by atoms with Gasteiger partial charge in [-0.3, -0.25) is 9.59 Å². The molecule has 3 rings (SSSR count). The van der Waals surface area contributed by atoms with Gasteiger partial charge in [-0.2, -0.15) is 5.10 Å². The van der Waals surface area contributed by atoms with E-state index in [9.17, 15) is 9.59 Å². The summed E-state index contributed by atoms with van der Waals surface area (Å²) in [6.07, 6.45) is 2.38. The van der Waals surface area contributed by atoms with Crippen molar-refractivity contribution in [1.82, 2.24) is 14.8 Å². The third kappa shape index (κ3) is 4.21. The van der Waals surface area contributed by atoms with Gasteiger partial charge in [0.15, 0.2) is 0 Å². The van der Waals surface area contributed by atoms with E-state index in [1.165, 1.54) is 16.8 Å². The molecule has 1 aliphatic heterocycles. The summed E-state index contributed by atoms with van der Waals surface area (Å²) in [6.45, 7) is 5.43. The van der Waals surface area contributed by atoms with Crippen molar-refractivity contribution in [2.75, 3.05) is 36.5 Å². The number of nitrogens with zero attached hydrogens (tertiary/aromatic N) is 4. The smallest absolute Gasteiger partial charge is 0.276 e. The molecule has 0 saturated carbocycles. The van der Waals surface area contributed by atoms with Crippen molar-refractivity contribution in [1.29, 1.82) is 0 Å². The van der Waals surface area contributed by atoms with E-state index < -0.39 is 0 Å². The van der Waals surface area contributed by atoms with Gasteiger partial charge in [-0.1, -0.05) is 6.92 Å². The van der Waals surface area contributed by atoms with Crippen LogP contribution in [0, 0.1) is 0 Å². The zero-order valence-electron chi connectivity index (χ0n) is 14.1. The second-order valence-corrected chi connectivity index (χ2v) is 5.74. The van der Waals surface area contributed by atoms with E-state index >= 15 is 0 Å². The Balaban J connectivity index is 1.68. The maximum absolute atomic E-state index is 12.3. The molecule has 1 saturated heterocycles. The minimum atomic E-state index is -0.370. The molecule has 0 radical (unpaired) electrons. The lowest BCUT2D eigenvalue weighted by Gasteiger charge is -2.27. The van der Waals surface area contributed by atoms with Crippen molar-refractivity contribution in [2.45, 2.75) is 19.9 Å². The van der Waals surface area contributed by atoms with Gasteiger partial charge in [0.25, 0.3) is 11.5 Å². The molecule has 0 atom stereocenters. The van der Waals surface area contributed by atoms with Gasteiger partial charge in [0.1, 0.15) is 11.5 Å². The first-order chi connectivity index (χ1) is 12.2. The van der Waals surface area contributed by atoms with Crippen LogP contribution < -0.4 is 15.8 Å². The molecule has 0 spiro atoms. The van der Waals surface area contributed by atoms with E-state index in [0.29, 0.717) is 25.4 Å². The number of aryl methyl sites for hydroxylation is 1. The van der Waals surface area contributed by atoms with Crippen LogP contribution in [0.2, 0.25) is 0 Å². The number of morpholine rings is 1. The molecule has 0 aromatic carbocycles. The molecular formula is C17H21N5O3. The summed E-state index contributed by atoms with van der Waals surface area (Å²) in [6, 6.07) is 6.46. The number of rotatable bonds is 5. The largest absolute Gasteiger partial charge is 0.378 e. The van der Waals surface area contributed by atoms with Crippen molar-refractivity contribution < 1.29 is 9.53 Å². The molecule has 25 heavy (non-hydrogen) atoms. The summed E-state index contributed by atoms with van der Waals surface area (Å²) < 4.78 is 6.62. The highest BCUT2D eigenvalue weighted by atomic mass is 16.5. The quantitative estimate of drug-likeness (QED) is 0.876. The third-order valence-corrected chi connectivity index (χ3v) is 3.88. The second kappa shape index (κ2) is 7.89. The van der Waals surface area contributed by atoms with Gasteiger partial charge in [0, 0.05) is 25.7 Å². The Morgan fingerprint density at radius 1 is 1.24 bits per heavy atom. The average Bonchev–Trinajstić information content (AvgIpc) is 2.65. The van der Waals surface area contributed by atoms with Crippen molar-refractivity contribution in [3.63, 3.8) is 0 Å². The van der Waals surface area contributed by atoms with Crippen molar-refractivity contribution in [3.8, 4) is 0 Å². The Morgan fingerprint density at radius 2 is 2.04 bits per heavy atom. The normalized spacial score (nSPS) is 14.4.